The summed E-state index contributed by atoms with van der Waals surface area (Å²) < 4.78 is 23.2. The van der Waals surface area contributed by atoms with Crippen molar-refractivity contribution in [3.05, 3.63) is 29.8 Å². The Morgan fingerprint density at radius 3 is 3.00 bits per heavy atom. The number of halogens is 1. The number of hydrogen-bond donors (Lipinski definition) is 1. The summed E-state index contributed by atoms with van der Waals surface area (Å²) in [4.78, 5) is 4.12. The number of aromatic nitrogens is 2. The van der Waals surface area contributed by atoms with E-state index in [0.29, 0.717) is 24.4 Å². The Hall–Kier alpha value is -1.95. The number of anilines is 1. The van der Waals surface area contributed by atoms with E-state index in [-0.39, 0.29) is 11.6 Å². The van der Waals surface area contributed by atoms with Crippen LogP contribution in [0.15, 0.2) is 22.7 Å². The highest BCUT2D eigenvalue weighted by molar-refractivity contribution is 5.57. The molecule has 1 aromatic heterocycles. The molecule has 0 unspecified atom stereocenters. The Kier molecular flexibility index (Phi) is 3.34. The second-order valence-electron chi connectivity index (χ2n) is 3.49. The monoisotopic (exact) mass is 237 g/mol. The summed E-state index contributed by atoms with van der Waals surface area (Å²) in [6.45, 7) is 0.509. The fraction of sp³-hybridized carbons (Fsp3) is 0.273. The van der Waals surface area contributed by atoms with Gasteiger partial charge in [0.1, 0.15) is 5.82 Å². The largest absolute Gasteiger partial charge is 0.396 e. The lowest BCUT2D eigenvalue weighted by atomic mass is 10.2. The van der Waals surface area contributed by atoms with E-state index in [2.05, 4.69) is 10.1 Å². The zero-order chi connectivity index (χ0) is 12.3. The first-order valence-corrected chi connectivity index (χ1v) is 5.07. The van der Waals surface area contributed by atoms with E-state index in [1.165, 1.54) is 12.1 Å². The van der Waals surface area contributed by atoms with Crippen LogP contribution in [0.5, 0.6) is 0 Å². The lowest BCUT2D eigenvalue weighted by Crippen LogP contribution is -1.96. The van der Waals surface area contributed by atoms with E-state index in [0.717, 1.165) is 0 Å². The van der Waals surface area contributed by atoms with Gasteiger partial charge in [-0.05, 0) is 18.2 Å². The molecular formula is C11H12FN3O2. The lowest BCUT2D eigenvalue weighted by Gasteiger charge is -1.97. The van der Waals surface area contributed by atoms with E-state index in [4.69, 9.17) is 15.0 Å². The second kappa shape index (κ2) is 4.92. The molecule has 0 radical (unpaired) electrons. The van der Waals surface area contributed by atoms with Gasteiger partial charge in [-0.3, -0.25) is 0 Å². The Balaban J connectivity index is 2.21. The van der Waals surface area contributed by atoms with Gasteiger partial charge in [-0.25, -0.2) is 4.39 Å². The van der Waals surface area contributed by atoms with Crippen LogP contribution in [0, 0.1) is 5.82 Å². The Bertz CT molecular complexity index is 513. The minimum absolute atomic E-state index is 0.0906. The molecule has 17 heavy (non-hydrogen) atoms. The molecule has 0 fully saturated rings. The maximum Gasteiger partial charge on any atom is 0.258 e. The van der Waals surface area contributed by atoms with Crippen LogP contribution in [0.2, 0.25) is 0 Å². The first kappa shape index (κ1) is 11.5. The third kappa shape index (κ3) is 2.59. The minimum atomic E-state index is -0.501. The molecule has 0 aliphatic carbocycles. The molecule has 0 aliphatic rings. The van der Waals surface area contributed by atoms with Gasteiger partial charge in [-0.2, -0.15) is 4.98 Å². The molecule has 0 bridgehead atoms. The summed E-state index contributed by atoms with van der Waals surface area (Å²) in [5.74, 6) is 0.299. The number of nitrogens with zero attached hydrogens (tertiary/aromatic N) is 2. The maximum absolute atomic E-state index is 13.2. The van der Waals surface area contributed by atoms with Gasteiger partial charge in [0.15, 0.2) is 5.82 Å². The summed E-state index contributed by atoms with van der Waals surface area (Å²) in [6, 6.07) is 4.36. The van der Waals surface area contributed by atoms with Gasteiger partial charge >= 0.3 is 0 Å². The van der Waals surface area contributed by atoms with Gasteiger partial charge < -0.3 is 15.0 Å². The Labute approximate surface area is 97.4 Å². The molecule has 5 nitrogen and oxygen atoms in total. The van der Waals surface area contributed by atoms with E-state index in [1.807, 2.05) is 0 Å². The van der Waals surface area contributed by atoms with Gasteiger partial charge in [0, 0.05) is 19.1 Å². The van der Waals surface area contributed by atoms with E-state index < -0.39 is 5.82 Å². The molecule has 0 spiro atoms. The van der Waals surface area contributed by atoms with Gasteiger partial charge in [0.2, 0.25) is 0 Å². The van der Waals surface area contributed by atoms with Crippen molar-refractivity contribution in [1.82, 2.24) is 10.1 Å². The number of nitrogens with two attached hydrogens (primary N) is 1. The standard InChI is InChI=1S/C11H12FN3O2/c1-16-5-4-10-14-11(17-15-10)7-2-3-9(13)8(12)6-7/h2-3,6H,4-5,13H2,1H3. The summed E-state index contributed by atoms with van der Waals surface area (Å²) >= 11 is 0. The highest BCUT2D eigenvalue weighted by Crippen LogP contribution is 2.21. The van der Waals surface area contributed by atoms with Crippen LogP contribution in [0.1, 0.15) is 5.82 Å². The lowest BCUT2D eigenvalue weighted by molar-refractivity contribution is 0.199. The summed E-state index contributed by atoms with van der Waals surface area (Å²) in [5.41, 5.74) is 5.98. The van der Waals surface area contributed by atoms with Crippen molar-refractivity contribution >= 4 is 5.69 Å². The van der Waals surface area contributed by atoms with E-state index in [9.17, 15) is 4.39 Å². The van der Waals surface area contributed by atoms with Crippen LogP contribution in [0.25, 0.3) is 11.5 Å². The molecule has 2 aromatic rings. The van der Waals surface area contributed by atoms with Crippen LogP contribution in [0.4, 0.5) is 10.1 Å². The molecule has 2 N–H and O–H groups in total. The highest BCUT2D eigenvalue weighted by atomic mass is 19.1. The van der Waals surface area contributed by atoms with Crippen molar-refractivity contribution in [3.63, 3.8) is 0 Å². The number of nitrogen functional groups attached to an aromatic ring is 1. The average Bonchev–Trinajstić information content (AvgIpc) is 2.79. The fourth-order valence-electron chi connectivity index (χ4n) is 1.33. The van der Waals surface area contributed by atoms with Gasteiger partial charge in [-0.15, -0.1) is 0 Å². The molecule has 0 amide bonds. The minimum Gasteiger partial charge on any atom is -0.396 e. The van der Waals surface area contributed by atoms with Crippen molar-refractivity contribution in [3.8, 4) is 11.5 Å². The molecule has 6 heteroatoms. The molecule has 1 heterocycles. The Morgan fingerprint density at radius 1 is 1.47 bits per heavy atom. The van der Waals surface area contributed by atoms with Crippen LogP contribution >= 0.6 is 0 Å². The highest BCUT2D eigenvalue weighted by Gasteiger charge is 2.10. The van der Waals surface area contributed by atoms with Crippen LogP contribution in [-0.4, -0.2) is 23.9 Å². The van der Waals surface area contributed by atoms with Crippen molar-refractivity contribution in [2.24, 2.45) is 0 Å². The first-order valence-electron chi connectivity index (χ1n) is 5.07. The summed E-state index contributed by atoms with van der Waals surface area (Å²) in [7, 11) is 1.59. The first-order chi connectivity index (χ1) is 8.20. The molecule has 2 rings (SSSR count). The van der Waals surface area contributed by atoms with E-state index >= 15 is 0 Å². The van der Waals surface area contributed by atoms with Crippen LogP contribution < -0.4 is 5.73 Å². The van der Waals surface area contributed by atoms with Gasteiger partial charge in [-0.1, -0.05) is 5.16 Å². The van der Waals surface area contributed by atoms with Gasteiger partial charge in [0.25, 0.3) is 5.89 Å². The SMILES string of the molecule is COCCc1noc(-c2ccc(N)c(F)c2)n1. The van der Waals surface area contributed by atoms with Crippen LogP contribution in [0.3, 0.4) is 0 Å². The molecule has 90 valence electrons. The third-order valence-electron chi connectivity index (χ3n) is 2.25. The predicted molar refractivity (Wildman–Crippen MR) is 59.7 cm³/mol. The maximum atomic E-state index is 13.2. The fourth-order valence-corrected chi connectivity index (χ4v) is 1.33. The number of methoxy groups -OCH3 is 1. The molecule has 0 saturated heterocycles. The number of ether oxygens (including phenoxy) is 1. The normalized spacial score (nSPS) is 10.7. The quantitative estimate of drug-likeness (QED) is 0.818. The molecule has 1 aromatic carbocycles. The average molecular weight is 237 g/mol. The van der Waals surface area contributed by atoms with Crippen molar-refractivity contribution in [2.45, 2.75) is 6.42 Å². The summed E-state index contributed by atoms with van der Waals surface area (Å²) in [5, 5.41) is 3.76. The van der Waals surface area contributed by atoms with Gasteiger partial charge in [0.05, 0.1) is 12.3 Å². The van der Waals surface area contributed by atoms with Crippen LogP contribution in [-0.2, 0) is 11.2 Å². The van der Waals surface area contributed by atoms with E-state index in [1.54, 1.807) is 13.2 Å². The molecule has 0 aliphatic heterocycles. The molecule has 0 saturated carbocycles. The zero-order valence-corrected chi connectivity index (χ0v) is 9.31. The second-order valence-corrected chi connectivity index (χ2v) is 3.49. The number of hydrogen-bond acceptors (Lipinski definition) is 5. The smallest absolute Gasteiger partial charge is 0.258 e. The summed E-state index contributed by atoms with van der Waals surface area (Å²) in [6.07, 6.45) is 0.553. The molecule has 0 atom stereocenters. The van der Waals surface area contributed by atoms with Crippen molar-refractivity contribution in [2.75, 3.05) is 19.5 Å². The molecular weight excluding hydrogens is 225 g/mol. The zero-order valence-electron chi connectivity index (χ0n) is 9.31. The van der Waals surface area contributed by atoms with Crippen molar-refractivity contribution < 1.29 is 13.7 Å². The third-order valence-corrected chi connectivity index (χ3v) is 2.25. The number of rotatable bonds is 4. The van der Waals surface area contributed by atoms with Crippen molar-refractivity contribution in [1.29, 1.82) is 0 Å². The number of benzene rings is 1. The predicted octanol–water partition coefficient (Wildman–Crippen LogP) is 1.65. The Morgan fingerprint density at radius 2 is 2.29 bits per heavy atom. The topological polar surface area (TPSA) is 74.2 Å².